The van der Waals surface area contributed by atoms with Crippen LogP contribution in [0.15, 0.2) is 45.8 Å². The molecule has 10 heteroatoms. The van der Waals surface area contributed by atoms with Crippen molar-refractivity contribution in [1.82, 2.24) is 24.5 Å². The van der Waals surface area contributed by atoms with Crippen LogP contribution in [0.4, 0.5) is 0 Å². The van der Waals surface area contributed by atoms with Crippen molar-refractivity contribution >= 4 is 38.9 Å². The fourth-order valence-corrected chi connectivity index (χ4v) is 4.41. The van der Waals surface area contributed by atoms with Gasteiger partial charge in [0.1, 0.15) is 5.82 Å². The second kappa shape index (κ2) is 8.64. The van der Waals surface area contributed by atoms with E-state index in [0.29, 0.717) is 45.8 Å². The molecule has 31 heavy (non-hydrogen) atoms. The van der Waals surface area contributed by atoms with Crippen LogP contribution in [0, 0.1) is 11.7 Å². The number of H-pyrrole nitrogens is 1. The number of nitrogens with one attached hydrogen (secondary N) is 1. The summed E-state index contributed by atoms with van der Waals surface area (Å²) in [4.78, 5) is 13.2. The molecule has 0 amide bonds. The molecule has 0 unspecified atom stereocenters. The molecule has 160 valence electrons. The average molecular weight is 502 g/mol. The topological polar surface area (TPSA) is 87.0 Å². The number of nitrogens with zero attached hydrogens (tertiary/aromatic N) is 4. The zero-order valence-electron chi connectivity index (χ0n) is 17.2. The Hall–Kier alpha value is -2.98. The molecule has 0 aliphatic rings. The van der Waals surface area contributed by atoms with E-state index in [1.165, 1.54) is 18.9 Å². The molecule has 0 aliphatic heterocycles. The maximum absolute atomic E-state index is 13.2. The standard InChI is InChI=1S/C21H20BrN5O3S/c1-12-4-6-15(14(22)10-12)27-17(24-25-21(27)31)8-9-26-20(28)18-13(11-23-26)5-7-16(29-2)19(18)30-3/h4-7,10-11H,8-9H2,1-3H3,(H,25,31). The molecule has 0 fully saturated rings. The molecule has 8 nitrogen and oxygen atoms in total. The molecule has 2 heterocycles. The number of hydrogen-bond donors (Lipinski definition) is 1. The van der Waals surface area contributed by atoms with Crippen molar-refractivity contribution in [2.45, 2.75) is 19.9 Å². The van der Waals surface area contributed by atoms with Gasteiger partial charge in [-0.3, -0.25) is 14.5 Å². The summed E-state index contributed by atoms with van der Waals surface area (Å²) < 4.78 is 15.4. The van der Waals surface area contributed by atoms with E-state index in [0.717, 1.165) is 15.7 Å². The molecular weight excluding hydrogens is 482 g/mol. The SMILES string of the molecule is COc1ccc2cnn(CCc3n[nH]c(=S)n3-c3ccc(C)cc3Br)c(=O)c2c1OC. The third kappa shape index (κ3) is 3.88. The summed E-state index contributed by atoms with van der Waals surface area (Å²) in [5.74, 6) is 1.59. The number of benzene rings is 2. The Labute approximate surface area is 191 Å². The molecular formula is C21H20BrN5O3S. The highest BCUT2D eigenvalue weighted by atomic mass is 79.9. The summed E-state index contributed by atoms with van der Waals surface area (Å²) in [6, 6.07) is 9.54. The third-order valence-corrected chi connectivity index (χ3v) is 5.90. The van der Waals surface area contributed by atoms with Crippen molar-refractivity contribution in [1.29, 1.82) is 0 Å². The van der Waals surface area contributed by atoms with Crippen LogP contribution in [0.25, 0.3) is 16.5 Å². The van der Waals surface area contributed by atoms with Crippen LogP contribution in [0.3, 0.4) is 0 Å². The minimum atomic E-state index is -0.259. The van der Waals surface area contributed by atoms with Gasteiger partial charge in [-0.25, -0.2) is 4.68 Å². The van der Waals surface area contributed by atoms with Gasteiger partial charge in [-0.1, -0.05) is 6.07 Å². The van der Waals surface area contributed by atoms with E-state index < -0.39 is 0 Å². The monoisotopic (exact) mass is 501 g/mol. The number of methoxy groups -OCH3 is 2. The number of aromatic amines is 1. The predicted octanol–water partition coefficient (Wildman–Crippen LogP) is 3.97. The molecule has 0 atom stereocenters. The van der Waals surface area contributed by atoms with Gasteiger partial charge in [0.15, 0.2) is 16.3 Å². The van der Waals surface area contributed by atoms with Crippen molar-refractivity contribution < 1.29 is 9.47 Å². The first kappa shape index (κ1) is 21.3. The molecule has 0 saturated carbocycles. The highest BCUT2D eigenvalue weighted by Gasteiger charge is 2.16. The number of ether oxygens (including phenoxy) is 2. The summed E-state index contributed by atoms with van der Waals surface area (Å²) in [5.41, 5.74) is 1.75. The van der Waals surface area contributed by atoms with Crippen LogP contribution >= 0.6 is 28.1 Å². The lowest BCUT2D eigenvalue weighted by Crippen LogP contribution is -2.24. The predicted molar refractivity (Wildman–Crippen MR) is 124 cm³/mol. The minimum absolute atomic E-state index is 0.259. The first-order valence-electron chi connectivity index (χ1n) is 9.48. The third-order valence-electron chi connectivity index (χ3n) is 5.00. The first-order chi connectivity index (χ1) is 14.9. The van der Waals surface area contributed by atoms with Crippen LogP contribution in [-0.4, -0.2) is 38.8 Å². The van der Waals surface area contributed by atoms with E-state index in [9.17, 15) is 4.79 Å². The van der Waals surface area contributed by atoms with E-state index in [1.54, 1.807) is 18.3 Å². The van der Waals surface area contributed by atoms with Gasteiger partial charge in [0.25, 0.3) is 5.56 Å². The zero-order valence-corrected chi connectivity index (χ0v) is 19.6. The average Bonchev–Trinajstić information content (AvgIpc) is 3.12. The number of aromatic nitrogens is 5. The molecule has 2 aromatic heterocycles. The summed E-state index contributed by atoms with van der Waals surface area (Å²) in [5, 5.41) is 12.6. The van der Waals surface area contributed by atoms with Gasteiger partial charge in [0.2, 0.25) is 0 Å². The largest absolute Gasteiger partial charge is 0.493 e. The second-order valence-electron chi connectivity index (χ2n) is 6.92. The van der Waals surface area contributed by atoms with Crippen molar-refractivity contribution in [3.05, 3.63) is 67.5 Å². The summed E-state index contributed by atoms with van der Waals surface area (Å²) >= 11 is 9.04. The van der Waals surface area contributed by atoms with E-state index in [4.69, 9.17) is 21.7 Å². The van der Waals surface area contributed by atoms with Gasteiger partial charge in [0, 0.05) is 16.3 Å². The van der Waals surface area contributed by atoms with Crippen molar-refractivity contribution in [3.63, 3.8) is 0 Å². The van der Waals surface area contributed by atoms with Gasteiger partial charge in [0.05, 0.1) is 38.0 Å². The molecule has 1 N–H and O–H groups in total. The lowest BCUT2D eigenvalue weighted by molar-refractivity contribution is 0.358. The molecule has 0 bridgehead atoms. The normalized spacial score (nSPS) is 11.1. The molecule has 4 rings (SSSR count). The Morgan fingerprint density at radius 3 is 2.71 bits per heavy atom. The number of rotatable bonds is 6. The van der Waals surface area contributed by atoms with Crippen LogP contribution in [0.5, 0.6) is 11.5 Å². The fourth-order valence-electron chi connectivity index (χ4n) is 3.49. The molecule has 2 aromatic carbocycles. The van der Waals surface area contributed by atoms with Crippen LogP contribution in [-0.2, 0) is 13.0 Å². The molecule has 0 spiro atoms. The minimum Gasteiger partial charge on any atom is -0.493 e. The zero-order chi connectivity index (χ0) is 22.1. The van der Waals surface area contributed by atoms with Crippen LogP contribution in [0.2, 0.25) is 0 Å². The molecule has 0 aliphatic carbocycles. The number of aryl methyl sites for hydroxylation is 3. The second-order valence-corrected chi connectivity index (χ2v) is 8.16. The molecule has 0 radical (unpaired) electrons. The van der Waals surface area contributed by atoms with E-state index >= 15 is 0 Å². The van der Waals surface area contributed by atoms with Crippen LogP contribution in [0.1, 0.15) is 11.4 Å². The van der Waals surface area contributed by atoms with Gasteiger partial charge >= 0.3 is 0 Å². The Bertz CT molecular complexity index is 1390. The molecule has 0 saturated heterocycles. The lowest BCUT2D eigenvalue weighted by Gasteiger charge is -2.12. The maximum Gasteiger partial charge on any atom is 0.278 e. The number of hydrogen-bond acceptors (Lipinski definition) is 6. The highest BCUT2D eigenvalue weighted by Crippen LogP contribution is 2.32. The van der Waals surface area contributed by atoms with Crippen molar-refractivity contribution in [2.75, 3.05) is 14.2 Å². The highest BCUT2D eigenvalue weighted by molar-refractivity contribution is 9.10. The van der Waals surface area contributed by atoms with Crippen LogP contribution < -0.4 is 15.0 Å². The lowest BCUT2D eigenvalue weighted by atomic mass is 10.1. The summed E-state index contributed by atoms with van der Waals surface area (Å²) in [7, 11) is 3.05. The Kier molecular flexibility index (Phi) is 5.92. The smallest absolute Gasteiger partial charge is 0.278 e. The Morgan fingerprint density at radius 2 is 2.00 bits per heavy atom. The first-order valence-corrected chi connectivity index (χ1v) is 10.7. The van der Waals surface area contributed by atoms with E-state index in [-0.39, 0.29) is 5.56 Å². The quantitative estimate of drug-likeness (QED) is 0.402. The van der Waals surface area contributed by atoms with Gasteiger partial charge in [-0.2, -0.15) is 10.2 Å². The summed E-state index contributed by atoms with van der Waals surface area (Å²) in [6.45, 7) is 2.34. The van der Waals surface area contributed by atoms with E-state index in [1.807, 2.05) is 29.7 Å². The molecule has 4 aromatic rings. The fraction of sp³-hybridized carbons (Fsp3) is 0.238. The Morgan fingerprint density at radius 1 is 1.19 bits per heavy atom. The van der Waals surface area contributed by atoms with E-state index in [2.05, 4.69) is 31.2 Å². The van der Waals surface area contributed by atoms with Gasteiger partial charge in [-0.05, 0) is 64.9 Å². The van der Waals surface area contributed by atoms with Gasteiger partial charge in [-0.15, -0.1) is 0 Å². The maximum atomic E-state index is 13.2. The number of halogens is 1. The van der Waals surface area contributed by atoms with Gasteiger partial charge < -0.3 is 9.47 Å². The number of fused-ring (bicyclic) bond motifs is 1. The Balaban J connectivity index is 1.72. The summed E-state index contributed by atoms with van der Waals surface area (Å²) in [6.07, 6.45) is 2.09. The van der Waals surface area contributed by atoms with Crippen molar-refractivity contribution in [2.24, 2.45) is 0 Å². The van der Waals surface area contributed by atoms with Crippen molar-refractivity contribution in [3.8, 4) is 17.2 Å².